The van der Waals surface area contributed by atoms with Crippen molar-refractivity contribution in [3.63, 3.8) is 0 Å². The van der Waals surface area contributed by atoms with Crippen LogP contribution in [0.1, 0.15) is 17.3 Å². The van der Waals surface area contributed by atoms with Crippen LogP contribution >= 0.6 is 11.3 Å². The average molecular weight is 446 g/mol. The summed E-state index contributed by atoms with van der Waals surface area (Å²) in [6.45, 7) is 1.31. The molecule has 0 fully saturated rings. The SMILES string of the molecule is CC(=O)Nc1ccccc1C(=O)Nc1ncc(S(=O)(=O)c2ccc([N+](=O)[O-])cc2)s1. The predicted molar refractivity (Wildman–Crippen MR) is 109 cm³/mol. The Morgan fingerprint density at radius 3 is 2.37 bits per heavy atom. The van der Waals surface area contributed by atoms with Gasteiger partial charge in [-0.1, -0.05) is 23.5 Å². The van der Waals surface area contributed by atoms with E-state index in [-0.39, 0.29) is 31.4 Å². The van der Waals surface area contributed by atoms with E-state index < -0.39 is 20.7 Å². The van der Waals surface area contributed by atoms with E-state index in [9.17, 15) is 28.1 Å². The summed E-state index contributed by atoms with van der Waals surface area (Å²) in [5, 5.41) is 15.8. The fourth-order valence-corrected chi connectivity index (χ4v) is 4.88. The highest BCUT2D eigenvalue weighted by Gasteiger charge is 2.23. The van der Waals surface area contributed by atoms with Gasteiger partial charge in [-0.25, -0.2) is 13.4 Å². The fraction of sp³-hybridized carbons (Fsp3) is 0.0556. The number of nitro benzene ring substituents is 1. The minimum absolute atomic E-state index is 0.0399. The number of hydrogen-bond donors (Lipinski definition) is 2. The van der Waals surface area contributed by atoms with Crippen LogP contribution in [0.3, 0.4) is 0 Å². The van der Waals surface area contributed by atoms with Crippen LogP contribution in [0.4, 0.5) is 16.5 Å². The van der Waals surface area contributed by atoms with Crippen molar-refractivity contribution < 1.29 is 22.9 Å². The molecule has 0 aliphatic rings. The van der Waals surface area contributed by atoms with Crippen molar-refractivity contribution in [3.8, 4) is 0 Å². The third-order valence-corrected chi connectivity index (χ3v) is 6.95. The zero-order valence-electron chi connectivity index (χ0n) is 15.4. The second-order valence-electron chi connectivity index (χ2n) is 5.92. The number of para-hydroxylation sites is 1. The second-order valence-corrected chi connectivity index (χ2v) is 9.13. The van der Waals surface area contributed by atoms with Gasteiger partial charge in [0.25, 0.3) is 11.6 Å². The number of hydrogen-bond acceptors (Lipinski definition) is 8. The smallest absolute Gasteiger partial charge is 0.269 e. The summed E-state index contributed by atoms with van der Waals surface area (Å²) < 4.78 is 25.3. The molecule has 10 nitrogen and oxygen atoms in total. The molecule has 1 heterocycles. The molecule has 2 aromatic carbocycles. The van der Waals surface area contributed by atoms with Crippen LogP contribution in [0, 0.1) is 10.1 Å². The van der Waals surface area contributed by atoms with E-state index in [1.54, 1.807) is 18.2 Å². The Morgan fingerprint density at radius 1 is 1.07 bits per heavy atom. The summed E-state index contributed by atoms with van der Waals surface area (Å²) in [7, 11) is -3.96. The number of thiazole rings is 1. The molecule has 0 bridgehead atoms. The molecular formula is C18H14N4O6S2. The van der Waals surface area contributed by atoms with Crippen molar-refractivity contribution in [2.45, 2.75) is 16.0 Å². The molecule has 2 N–H and O–H groups in total. The number of aromatic nitrogens is 1. The standard InChI is InChI=1S/C18H14N4O6S2/c1-11(23)20-15-5-3-2-4-14(15)17(24)21-18-19-10-16(29-18)30(27,28)13-8-6-12(7-9-13)22(25)26/h2-10H,1H3,(H,20,23)(H,19,21,24). The molecule has 1 aromatic heterocycles. The third-order valence-electron chi connectivity index (χ3n) is 3.81. The number of rotatable bonds is 6. The van der Waals surface area contributed by atoms with Crippen LogP contribution < -0.4 is 10.6 Å². The molecule has 0 saturated carbocycles. The Morgan fingerprint density at radius 2 is 1.73 bits per heavy atom. The molecule has 12 heteroatoms. The lowest BCUT2D eigenvalue weighted by Crippen LogP contribution is -2.16. The summed E-state index contributed by atoms with van der Waals surface area (Å²) in [5.41, 5.74) is 0.254. The maximum absolute atomic E-state index is 12.7. The van der Waals surface area contributed by atoms with Crippen LogP contribution in [0.5, 0.6) is 0 Å². The lowest BCUT2D eigenvalue weighted by atomic mass is 10.1. The summed E-state index contributed by atoms with van der Waals surface area (Å²) >= 11 is 0.736. The second kappa shape index (κ2) is 8.39. The van der Waals surface area contributed by atoms with Crippen LogP contribution in [-0.2, 0) is 14.6 Å². The summed E-state index contributed by atoms with van der Waals surface area (Å²) in [6.07, 6.45) is 1.09. The largest absolute Gasteiger partial charge is 0.326 e. The number of amides is 2. The maximum Gasteiger partial charge on any atom is 0.269 e. The average Bonchev–Trinajstić information content (AvgIpc) is 3.17. The number of nitrogens with zero attached hydrogens (tertiary/aromatic N) is 2. The first kappa shape index (κ1) is 21.1. The number of nitrogens with one attached hydrogen (secondary N) is 2. The van der Waals surface area contributed by atoms with Crippen LogP contribution in [0.2, 0.25) is 0 Å². The van der Waals surface area contributed by atoms with E-state index in [2.05, 4.69) is 15.6 Å². The number of anilines is 2. The first-order valence-corrected chi connectivity index (χ1v) is 10.6. The van der Waals surface area contributed by atoms with Gasteiger partial charge in [0.05, 0.1) is 27.3 Å². The number of benzene rings is 2. The molecule has 0 atom stereocenters. The lowest BCUT2D eigenvalue weighted by Gasteiger charge is -2.08. The van der Waals surface area contributed by atoms with Crippen LogP contribution in [0.15, 0.2) is 63.8 Å². The van der Waals surface area contributed by atoms with E-state index in [0.717, 1.165) is 41.8 Å². The van der Waals surface area contributed by atoms with Crippen LogP contribution in [0.25, 0.3) is 0 Å². The normalized spacial score (nSPS) is 11.0. The molecule has 0 unspecified atom stereocenters. The Kier molecular flexibility index (Phi) is 5.89. The Balaban J connectivity index is 1.82. The molecular weight excluding hydrogens is 432 g/mol. The number of carbonyl (C=O) groups excluding carboxylic acids is 2. The minimum atomic E-state index is -3.96. The molecule has 3 rings (SSSR count). The first-order chi connectivity index (χ1) is 14.2. The molecule has 0 aliphatic carbocycles. The molecule has 30 heavy (non-hydrogen) atoms. The molecule has 0 aliphatic heterocycles. The minimum Gasteiger partial charge on any atom is -0.326 e. The number of nitro groups is 1. The lowest BCUT2D eigenvalue weighted by molar-refractivity contribution is -0.384. The monoisotopic (exact) mass is 446 g/mol. The van der Waals surface area contributed by atoms with Crippen molar-refractivity contribution in [2.75, 3.05) is 10.6 Å². The van der Waals surface area contributed by atoms with Crippen molar-refractivity contribution in [3.05, 3.63) is 70.4 Å². The van der Waals surface area contributed by atoms with Gasteiger partial charge in [-0.2, -0.15) is 0 Å². The molecule has 2 amide bonds. The molecule has 154 valence electrons. The number of sulfone groups is 1. The summed E-state index contributed by atoms with van der Waals surface area (Å²) in [5.74, 6) is -0.922. The van der Waals surface area contributed by atoms with E-state index in [1.165, 1.54) is 13.0 Å². The highest BCUT2D eigenvalue weighted by Crippen LogP contribution is 2.30. The highest BCUT2D eigenvalue weighted by atomic mass is 32.2. The molecule has 0 spiro atoms. The Labute approximate surface area is 174 Å². The fourth-order valence-electron chi connectivity index (χ4n) is 2.45. The first-order valence-electron chi connectivity index (χ1n) is 8.32. The maximum atomic E-state index is 12.7. The van der Waals surface area contributed by atoms with Gasteiger partial charge in [-0.3, -0.25) is 25.0 Å². The van der Waals surface area contributed by atoms with E-state index in [4.69, 9.17) is 0 Å². The molecule has 0 radical (unpaired) electrons. The summed E-state index contributed by atoms with van der Waals surface area (Å²) in [4.78, 5) is 37.7. The van der Waals surface area contributed by atoms with Crippen molar-refractivity contribution in [1.82, 2.24) is 4.98 Å². The van der Waals surface area contributed by atoms with Crippen molar-refractivity contribution >= 4 is 49.5 Å². The van der Waals surface area contributed by atoms with E-state index >= 15 is 0 Å². The number of carbonyl (C=O) groups is 2. The Hall–Kier alpha value is -3.64. The van der Waals surface area contributed by atoms with Crippen LogP contribution in [-0.4, -0.2) is 30.1 Å². The topological polar surface area (TPSA) is 148 Å². The van der Waals surface area contributed by atoms with Gasteiger partial charge in [0, 0.05) is 19.1 Å². The Bertz CT molecular complexity index is 1240. The molecule has 3 aromatic rings. The van der Waals surface area contributed by atoms with Gasteiger partial charge in [0.2, 0.25) is 15.7 Å². The van der Waals surface area contributed by atoms with E-state index in [1.807, 2.05) is 0 Å². The van der Waals surface area contributed by atoms with Crippen molar-refractivity contribution in [2.24, 2.45) is 0 Å². The highest BCUT2D eigenvalue weighted by molar-refractivity contribution is 7.93. The molecule has 0 saturated heterocycles. The van der Waals surface area contributed by atoms with E-state index in [0.29, 0.717) is 5.69 Å². The van der Waals surface area contributed by atoms with Gasteiger partial charge < -0.3 is 5.32 Å². The van der Waals surface area contributed by atoms with Gasteiger partial charge >= 0.3 is 0 Å². The quantitative estimate of drug-likeness (QED) is 0.436. The van der Waals surface area contributed by atoms with Gasteiger partial charge in [-0.05, 0) is 24.3 Å². The van der Waals surface area contributed by atoms with Gasteiger partial charge in [0.15, 0.2) is 5.13 Å². The van der Waals surface area contributed by atoms with Gasteiger partial charge in [-0.15, -0.1) is 0 Å². The zero-order chi connectivity index (χ0) is 21.9. The number of non-ortho nitro benzene ring substituents is 1. The zero-order valence-corrected chi connectivity index (χ0v) is 17.0. The third kappa shape index (κ3) is 4.50. The van der Waals surface area contributed by atoms with Gasteiger partial charge in [0.1, 0.15) is 4.21 Å². The summed E-state index contributed by atoms with van der Waals surface area (Å²) in [6, 6.07) is 10.8. The van der Waals surface area contributed by atoms with Crippen molar-refractivity contribution in [1.29, 1.82) is 0 Å². The predicted octanol–water partition coefficient (Wildman–Crippen LogP) is 3.09.